The average Bonchev–Trinajstić information content (AvgIpc) is 3.99. The summed E-state index contributed by atoms with van der Waals surface area (Å²) in [7, 11) is -1.33. The summed E-state index contributed by atoms with van der Waals surface area (Å²) >= 11 is 0. The van der Waals surface area contributed by atoms with Crippen LogP contribution in [0.5, 0.6) is 0 Å². The maximum absolute atomic E-state index is 10.8. The van der Waals surface area contributed by atoms with Gasteiger partial charge in [0.25, 0.3) is 5.97 Å². The van der Waals surface area contributed by atoms with Gasteiger partial charge in [0.2, 0.25) is 0 Å². The third kappa shape index (κ3) is 10.7. The van der Waals surface area contributed by atoms with Crippen LogP contribution in [0.1, 0.15) is 87.4 Å². The van der Waals surface area contributed by atoms with Gasteiger partial charge in [-0.15, -0.1) is 48.0 Å². The largest absolute Gasteiger partial charge is 0.501 e. The summed E-state index contributed by atoms with van der Waals surface area (Å²) in [5, 5.41) is 12.3. The number of carbonyl (C=O) groups is 1. The van der Waals surface area contributed by atoms with Crippen molar-refractivity contribution in [2.45, 2.75) is 85.4 Å². The van der Waals surface area contributed by atoms with Gasteiger partial charge in [0.05, 0.1) is 36.7 Å². The molecule has 0 unspecified atom stereocenters. The van der Waals surface area contributed by atoms with Gasteiger partial charge in [-0.2, -0.15) is 0 Å². The molecular formula is C67H62IrN4O3Si-2. The molecule has 9 heteroatoms. The molecule has 0 spiro atoms. The van der Waals surface area contributed by atoms with E-state index in [9.17, 15) is 4.79 Å². The first-order valence-corrected chi connectivity index (χ1v) is 29.3. The van der Waals surface area contributed by atoms with E-state index in [-0.39, 0.29) is 42.9 Å². The molecule has 0 saturated heterocycles. The van der Waals surface area contributed by atoms with Gasteiger partial charge in [-0.05, 0) is 96.4 Å². The van der Waals surface area contributed by atoms with E-state index in [0.29, 0.717) is 0 Å². The molecule has 11 rings (SSSR count). The van der Waals surface area contributed by atoms with Gasteiger partial charge < -0.3 is 19.1 Å². The number of carboxylic acid groups (broad SMARTS) is 1. The molecule has 76 heavy (non-hydrogen) atoms. The zero-order chi connectivity index (χ0) is 52.8. The second kappa shape index (κ2) is 21.6. The van der Waals surface area contributed by atoms with Crippen LogP contribution in [0, 0.1) is 12.1 Å². The van der Waals surface area contributed by atoms with Crippen LogP contribution in [0.15, 0.2) is 181 Å². The Hall–Kier alpha value is -7.55. The topological polar surface area (TPSA) is 94.0 Å². The van der Waals surface area contributed by atoms with Gasteiger partial charge in [0.15, 0.2) is 0 Å². The number of benzene rings is 7. The SMILES string of the molecule is CC(C)c1cc(-c2ccccc2)cc(C(C)C)c1-n1c(-c2[c-]ccc3c2oc2cc(-c4ccc(-c5ccccc5)cc4)ccc23)nc2c(C(C)(C)C)cncc21.C[Si](C)(C)c1ccc(-c2[c-]cc(C(=O)O)cc2)nc1.[Ir]. The van der Waals surface area contributed by atoms with Crippen molar-refractivity contribution in [3.05, 3.63) is 211 Å². The number of aromatic carboxylic acids is 1. The van der Waals surface area contributed by atoms with Gasteiger partial charge in [-0.3, -0.25) is 14.8 Å². The van der Waals surface area contributed by atoms with Crippen molar-refractivity contribution in [2.75, 3.05) is 0 Å². The van der Waals surface area contributed by atoms with Crippen molar-refractivity contribution in [3.63, 3.8) is 0 Å². The maximum atomic E-state index is 10.8. The number of aromatic nitrogens is 4. The molecule has 4 heterocycles. The molecule has 0 aliphatic carbocycles. The first kappa shape index (κ1) is 53.3. The van der Waals surface area contributed by atoms with Crippen LogP contribution in [-0.4, -0.2) is 38.7 Å². The minimum absolute atomic E-state index is 0. The molecule has 0 amide bonds. The molecule has 11 aromatic rings. The van der Waals surface area contributed by atoms with Gasteiger partial charge >= 0.3 is 0 Å². The Morgan fingerprint density at radius 1 is 0.658 bits per heavy atom. The van der Waals surface area contributed by atoms with Gasteiger partial charge in [-0.1, -0.05) is 188 Å². The van der Waals surface area contributed by atoms with E-state index in [0.717, 1.165) is 78.0 Å². The number of fused-ring (bicyclic) bond motifs is 4. The number of carboxylic acids is 1. The first-order chi connectivity index (χ1) is 35.9. The molecule has 0 saturated carbocycles. The summed E-state index contributed by atoms with van der Waals surface area (Å²) in [4.78, 5) is 25.6. The summed E-state index contributed by atoms with van der Waals surface area (Å²) in [6, 6.07) is 60.8. The second-order valence-electron chi connectivity index (χ2n) is 22.1. The van der Waals surface area contributed by atoms with Crippen LogP contribution in [0.25, 0.3) is 94.7 Å². The summed E-state index contributed by atoms with van der Waals surface area (Å²) in [6.45, 7) is 22.7. The molecule has 7 aromatic carbocycles. The zero-order valence-corrected chi connectivity index (χ0v) is 48.2. The van der Waals surface area contributed by atoms with E-state index in [4.69, 9.17) is 19.5 Å². The molecule has 383 valence electrons. The number of hydrogen-bond donors (Lipinski definition) is 1. The average molecular weight is 1190 g/mol. The molecule has 0 aliphatic heterocycles. The zero-order valence-electron chi connectivity index (χ0n) is 44.8. The van der Waals surface area contributed by atoms with Crippen LogP contribution in [0.2, 0.25) is 19.6 Å². The Bertz CT molecular complexity index is 3820. The maximum Gasteiger partial charge on any atom is 0.292 e. The van der Waals surface area contributed by atoms with Crippen molar-refractivity contribution in [3.8, 4) is 61.7 Å². The molecule has 7 nitrogen and oxygen atoms in total. The monoisotopic (exact) mass is 1190 g/mol. The minimum atomic E-state index is -1.33. The number of rotatable bonds is 10. The number of imidazole rings is 1. The van der Waals surface area contributed by atoms with Crippen molar-refractivity contribution >= 4 is 52.2 Å². The second-order valence-corrected chi connectivity index (χ2v) is 27.2. The fourth-order valence-electron chi connectivity index (χ4n) is 9.84. The third-order valence-corrected chi connectivity index (χ3v) is 16.1. The number of hydrogen-bond acceptors (Lipinski definition) is 5. The van der Waals surface area contributed by atoms with Gasteiger partial charge in [0, 0.05) is 49.1 Å². The normalized spacial score (nSPS) is 11.8. The summed E-state index contributed by atoms with van der Waals surface area (Å²) in [5.74, 6) is 0.337. The fourth-order valence-corrected chi connectivity index (χ4v) is 10.9. The minimum Gasteiger partial charge on any atom is -0.501 e. The number of pyridine rings is 2. The van der Waals surface area contributed by atoms with Crippen molar-refractivity contribution in [1.29, 1.82) is 0 Å². The Labute approximate surface area is 461 Å². The number of nitrogens with zero attached hydrogens (tertiary/aromatic N) is 4. The van der Waals surface area contributed by atoms with E-state index < -0.39 is 14.0 Å². The predicted molar refractivity (Wildman–Crippen MR) is 312 cm³/mol. The molecule has 0 atom stereocenters. The Balaban J connectivity index is 0.000000298. The fraction of sp³-hybridized carbons (Fsp3) is 0.194. The van der Waals surface area contributed by atoms with Crippen LogP contribution in [0.3, 0.4) is 0 Å². The van der Waals surface area contributed by atoms with Crippen LogP contribution >= 0.6 is 0 Å². The molecule has 0 fully saturated rings. The summed E-state index contributed by atoms with van der Waals surface area (Å²) in [5.41, 5.74) is 17.9. The molecule has 1 N–H and O–H groups in total. The third-order valence-electron chi connectivity index (χ3n) is 14.1. The van der Waals surface area contributed by atoms with E-state index in [1.165, 1.54) is 44.6 Å². The van der Waals surface area contributed by atoms with Gasteiger partial charge in [-0.25, -0.2) is 0 Å². The predicted octanol–water partition coefficient (Wildman–Crippen LogP) is 17.1. The molecular weight excluding hydrogens is 1130 g/mol. The molecule has 1 radical (unpaired) electrons. The first-order valence-electron chi connectivity index (χ1n) is 25.8. The molecule has 0 bridgehead atoms. The van der Waals surface area contributed by atoms with E-state index in [2.05, 4.69) is 217 Å². The standard InChI is InChI=1S/C52H46N3O.C15H16NO2Si.Ir/c1-32(2)43-27-39(35-17-12-9-13-18-35)28-44(33(3)4)49(43)55-46-31-53-30-45(52(5,6)7)48(46)54-51(55)42-20-14-19-41-40-26-25-38(29-47(40)56-50(41)42)37-23-21-36(22-24-37)34-15-10-8-11-16-34;1-19(2,3)13-8-9-14(16-10-13)11-4-6-12(7-5-11)15(17)18;/h8-19,21-33H,1-7H3;4,6-10H,1-3H3,(H,17,18);/q2*-1;. The Kier molecular flexibility index (Phi) is 15.1. The van der Waals surface area contributed by atoms with Gasteiger partial charge in [0.1, 0.15) is 5.58 Å². The Morgan fingerprint density at radius 3 is 1.82 bits per heavy atom. The quantitative estimate of drug-likeness (QED) is 0.108. The summed E-state index contributed by atoms with van der Waals surface area (Å²) < 4.78 is 9.27. The molecule has 0 aliphatic rings. The van der Waals surface area contributed by atoms with E-state index in [1.807, 2.05) is 30.7 Å². The van der Waals surface area contributed by atoms with E-state index >= 15 is 0 Å². The smallest absolute Gasteiger partial charge is 0.292 e. The molecule has 4 aromatic heterocycles. The van der Waals surface area contributed by atoms with Crippen molar-refractivity contribution in [1.82, 2.24) is 19.5 Å². The van der Waals surface area contributed by atoms with Crippen LogP contribution in [-0.2, 0) is 25.5 Å². The van der Waals surface area contributed by atoms with Crippen LogP contribution in [0.4, 0.5) is 0 Å². The van der Waals surface area contributed by atoms with E-state index in [1.54, 1.807) is 12.1 Å². The summed E-state index contributed by atoms with van der Waals surface area (Å²) in [6.07, 6.45) is 5.88. The van der Waals surface area contributed by atoms with Crippen molar-refractivity contribution < 1.29 is 34.4 Å². The van der Waals surface area contributed by atoms with Crippen LogP contribution < -0.4 is 5.19 Å². The number of furan rings is 1. The Morgan fingerprint density at radius 2 is 1.26 bits per heavy atom. The van der Waals surface area contributed by atoms with Crippen molar-refractivity contribution in [2.24, 2.45) is 0 Å².